The quantitative estimate of drug-likeness (QED) is 0.106. The van der Waals surface area contributed by atoms with Crippen molar-refractivity contribution in [3.63, 3.8) is 0 Å². The molecule has 2 aromatic carbocycles. The molecule has 1 aromatic heterocycles. The van der Waals surface area contributed by atoms with Gasteiger partial charge in [-0.25, -0.2) is 4.79 Å². The largest absolute Gasteiger partial charge is 0.508 e. The Labute approximate surface area is 246 Å². The molecule has 1 heterocycles. The molecule has 0 fully saturated rings. The molecule has 14 nitrogen and oxygen atoms in total. The number of fused-ring (bicyclic) bond motifs is 1. The highest BCUT2D eigenvalue weighted by Crippen LogP contribution is 2.19. The number of benzene rings is 2. The van der Waals surface area contributed by atoms with Gasteiger partial charge < -0.3 is 47.7 Å². The molecule has 5 unspecified atom stereocenters. The summed E-state index contributed by atoms with van der Waals surface area (Å²) in [5, 5.41) is 37.9. The van der Waals surface area contributed by atoms with E-state index in [2.05, 4.69) is 20.9 Å². The van der Waals surface area contributed by atoms with Gasteiger partial charge in [0, 0.05) is 36.4 Å². The third-order valence-electron chi connectivity index (χ3n) is 6.82. The van der Waals surface area contributed by atoms with Gasteiger partial charge >= 0.3 is 5.97 Å². The van der Waals surface area contributed by atoms with Crippen LogP contribution in [0.2, 0.25) is 0 Å². The first kappa shape index (κ1) is 32.6. The number of hydrogen-bond donors (Lipinski definition) is 9. The minimum absolute atomic E-state index is 0.0250. The highest BCUT2D eigenvalue weighted by atomic mass is 16.4. The number of H-pyrrole nitrogens is 1. The van der Waals surface area contributed by atoms with Gasteiger partial charge in [0.2, 0.25) is 23.6 Å². The molecule has 4 amide bonds. The van der Waals surface area contributed by atoms with E-state index in [4.69, 9.17) is 11.5 Å². The summed E-state index contributed by atoms with van der Waals surface area (Å²) >= 11 is 0. The van der Waals surface area contributed by atoms with E-state index in [1.54, 1.807) is 12.3 Å². The number of phenolic OH excluding ortho intramolecular Hbond substituents is 1. The lowest BCUT2D eigenvalue weighted by molar-refractivity contribution is -0.142. The first-order valence-electron chi connectivity index (χ1n) is 13.5. The highest BCUT2D eigenvalue weighted by molar-refractivity contribution is 5.95. The topological polar surface area (TPSA) is 250 Å². The van der Waals surface area contributed by atoms with Crippen LogP contribution in [-0.2, 0) is 36.8 Å². The van der Waals surface area contributed by atoms with Gasteiger partial charge in [0.15, 0.2) is 0 Å². The monoisotopic (exact) mass is 596 g/mol. The number of amides is 4. The maximum absolute atomic E-state index is 13.5. The number of para-hydroxylation sites is 1. The molecule has 43 heavy (non-hydrogen) atoms. The second-order valence-electron chi connectivity index (χ2n) is 10.2. The van der Waals surface area contributed by atoms with Gasteiger partial charge in [-0.3, -0.25) is 19.2 Å². The molecule has 5 atom stereocenters. The number of aromatic amines is 1. The number of aliphatic carboxylic acids is 1. The summed E-state index contributed by atoms with van der Waals surface area (Å²) < 4.78 is 0. The molecule has 3 rings (SSSR count). The molecular weight excluding hydrogens is 560 g/mol. The summed E-state index contributed by atoms with van der Waals surface area (Å²) in [5.41, 5.74) is 12.8. The van der Waals surface area contributed by atoms with Crippen molar-refractivity contribution in [2.45, 2.75) is 62.9 Å². The number of aromatic nitrogens is 1. The number of aliphatic hydroxyl groups is 1. The standard InChI is InChI=1S/C29H36N6O8/c1-15(36)25(35-26(39)20(30)10-11-24(31)38)28(41)33-22(12-16-6-8-18(37)9-7-16)27(40)34-23(29(42)43)13-17-14-32-21-5-3-2-4-19(17)21/h2-9,14-15,20,22-23,25,32,36-37H,10-13,30H2,1H3,(H2,31,38)(H,33,41)(H,34,40)(H,35,39)(H,42,43). The Hall–Kier alpha value is -4.95. The van der Waals surface area contributed by atoms with Crippen LogP contribution in [0.5, 0.6) is 5.75 Å². The van der Waals surface area contributed by atoms with Gasteiger partial charge in [0.25, 0.3) is 0 Å². The molecule has 0 radical (unpaired) electrons. The van der Waals surface area contributed by atoms with Crippen molar-refractivity contribution < 1.29 is 39.3 Å². The van der Waals surface area contributed by atoms with Crippen LogP contribution in [0.15, 0.2) is 54.7 Å². The minimum atomic E-state index is -1.54. The van der Waals surface area contributed by atoms with Crippen molar-refractivity contribution in [2.24, 2.45) is 11.5 Å². The predicted octanol–water partition coefficient (Wildman–Crippen LogP) is -0.829. The van der Waals surface area contributed by atoms with Crippen LogP contribution in [0, 0.1) is 0 Å². The van der Waals surface area contributed by atoms with Crippen molar-refractivity contribution in [2.75, 3.05) is 0 Å². The van der Waals surface area contributed by atoms with E-state index < -0.39 is 59.9 Å². The van der Waals surface area contributed by atoms with E-state index in [0.29, 0.717) is 11.1 Å². The van der Waals surface area contributed by atoms with Crippen molar-refractivity contribution >= 4 is 40.5 Å². The first-order valence-corrected chi connectivity index (χ1v) is 13.5. The van der Waals surface area contributed by atoms with E-state index in [9.17, 15) is 39.3 Å². The lowest BCUT2D eigenvalue weighted by atomic mass is 10.0. The van der Waals surface area contributed by atoms with E-state index in [-0.39, 0.29) is 31.4 Å². The number of carbonyl (C=O) groups is 5. The van der Waals surface area contributed by atoms with Crippen LogP contribution in [0.3, 0.4) is 0 Å². The zero-order valence-corrected chi connectivity index (χ0v) is 23.4. The second kappa shape index (κ2) is 14.8. The number of nitrogens with one attached hydrogen (secondary N) is 4. The van der Waals surface area contributed by atoms with Crippen molar-refractivity contribution in [3.8, 4) is 5.75 Å². The van der Waals surface area contributed by atoms with Crippen LogP contribution < -0.4 is 27.4 Å². The fourth-order valence-electron chi connectivity index (χ4n) is 4.43. The average molecular weight is 597 g/mol. The zero-order valence-electron chi connectivity index (χ0n) is 23.4. The number of rotatable bonds is 15. The molecule has 14 heteroatoms. The maximum Gasteiger partial charge on any atom is 0.326 e. The second-order valence-corrected chi connectivity index (χ2v) is 10.2. The Kier molecular flexibility index (Phi) is 11.2. The normalized spacial score (nSPS) is 14.6. The fourth-order valence-corrected chi connectivity index (χ4v) is 4.43. The molecule has 0 saturated heterocycles. The summed E-state index contributed by atoms with van der Waals surface area (Å²) in [6, 6.07) is 7.66. The van der Waals surface area contributed by atoms with Crippen molar-refractivity contribution in [3.05, 3.63) is 65.9 Å². The van der Waals surface area contributed by atoms with Gasteiger partial charge in [-0.1, -0.05) is 30.3 Å². The predicted molar refractivity (Wildman–Crippen MR) is 155 cm³/mol. The molecule has 0 aliphatic carbocycles. The van der Waals surface area contributed by atoms with E-state index in [0.717, 1.165) is 10.9 Å². The SMILES string of the molecule is CC(O)C(NC(=O)C(N)CCC(N)=O)C(=O)NC(Cc1ccc(O)cc1)C(=O)NC(Cc1c[nH]c2ccccc12)C(=O)O. The van der Waals surface area contributed by atoms with Gasteiger partial charge in [0.05, 0.1) is 12.1 Å². The number of aromatic hydroxyl groups is 1. The molecule has 0 spiro atoms. The number of hydrogen-bond acceptors (Lipinski definition) is 8. The van der Waals surface area contributed by atoms with Gasteiger partial charge in [0.1, 0.15) is 23.9 Å². The number of nitrogens with two attached hydrogens (primary N) is 2. The van der Waals surface area contributed by atoms with Crippen LogP contribution >= 0.6 is 0 Å². The summed E-state index contributed by atoms with van der Waals surface area (Å²) in [5.74, 6) is -4.59. The highest BCUT2D eigenvalue weighted by Gasteiger charge is 2.33. The Bertz CT molecular complexity index is 1450. The zero-order chi connectivity index (χ0) is 31.7. The van der Waals surface area contributed by atoms with Crippen molar-refractivity contribution in [1.82, 2.24) is 20.9 Å². The lowest BCUT2D eigenvalue weighted by Gasteiger charge is -2.26. The third-order valence-corrected chi connectivity index (χ3v) is 6.82. The lowest BCUT2D eigenvalue weighted by Crippen LogP contribution is -2.60. The molecule has 0 saturated carbocycles. The number of phenols is 1. The van der Waals surface area contributed by atoms with Crippen LogP contribution in [0.25, 0.3) is 10.9 Å². The summed E-state index contributed by atoms with van der Waals surface area (Å²) in [6.45, 7) is 1.25. The minimum Gasteiger partial charge on any atom is -0.508 e. The molecule has 230 valence electrons. The number of carboxylic acid groups (broad SMARTS) is 1. The Balaban J connectivity index is 1.80. The van der Waals surface area contributed by atoms with Gasteiger partial charge in [-0.15, -0.1) is 0 Å². The number of carbonyl (C=O) groups excluding carboxylic acids is 4. The van der Waals surface area contributed by atoms with Gasteiger partial charge in [-0.2, -0.15) is 0 Å². The summed E-state index contributed by atoms with van der Waals surface area (Å²) in [4.78, 5) is 65.5. The molecule has 3 aromatic rings. The number of primary amides is 1. The van der Waals surface area contributed by atoms with Crippen molar-refractivity contribution in [1.29, 1.82) is 0 Å². The van der Waals surface area contributed by atoms with E-state index in [1.807, 2.05) is 18.2 Å². The Morgan fingerprint density at radius 3 is 2.16 bits per heavy atom. The number of aliphatic hydroxyl groups excluding tert-OH is 1. The van der Waals surface area contributed by atoms with Crippen LogP contribution in [-0.4, -0.2) is 80.2 Å². The average Bonchev–Trinajstić information content (AvgIpc) is 3.37. The van der Waals surface area contributed by atoms with Gasteiger partial charge in [-0.05, 0) is 42.7 Å². The molecule has 0 aliphatic heterocycles. The Morgan fingerprint density at radius 2 is 1.53 bits per heavy atom. The molecule has 0 aliphatic rings. The first-order chi connectivity index (χ1) is 20.3. The van der Waals surface area contributed by atoms with Crippen LogP contribution in [0.4, 0.5) is 0 Å². The smallest absolute Gasteiger partial charge is 0.326 e. The summed E-state index contributed by atoms with van der Waals surface area (Å²) in [6.07, 6.45) is -0.187. The van der Waals surface area contributed by atoms with E-state index in [1.165, 1.54) is 31.2 Å². The van der Waals surface area contributed by atoms with Crippen LogP contribution in [0.1, 0.15) is 30.9 Å². The number of carboxylic acids is 1. The summed E-state index contributed by atoms with van der Waals surface area (Å²) in [7, 11) is 0. The molecule has 11 N–H and O–H groups in total. The third kappa shape index (κ3) is 9.28. The molecular formula is C29H36N6O8. The van der Waals surface area contributed by atoms with E-state index >= 15 is 0 Å². The fraction of sp³-hybridized carbons (Fsp3) is 0.345. The molecule has 0 bridgehead atoms. The maximum atomic E-state index is 13.5. The Morgan fingerprint density at radius 1 is 0.884 bits per heavy atom.